The molecule has 4 rings (SSSR count). The van der Waals surface area contributed by atoms with Gasteiger partial charge in [0.25, 0.3) is 5.56 Å². The highest BCUT2D eigenvalue weighted by molar-refractivity contribution is 6.03. The summed E-state index contributed by atoms with van der Waals surface area (Å²) in [5.74, 6) is -1.13. The zero-order valence-corrected chi connectivity index (χ0v) is 15.6. The Kier molecular flexibility index (Phi) is 4.67. The Morgan fingerprint density at radius 2 is 1.93 bits per heavy atom. The van der Waals surface area contributed by atoms with E-state index >= 15 is 0 Å². The van der Waals surface area contributed by atoms with Crippen LogP contribution in [0.2, 0.25) is 0 Å². The Balaban J connectivity index is 1.41. The number of benzene rings is 2. The highest BCUT2D eigenvalue weighted by Gasteiger charge is 2.25. The number of carbonyl (C=O) groups is 3. The first-order chi connectivity index (χ1) is 13.9. The van der Waals surface area contributed by atoms with E-state index in [9.17, 15) is 19.2 Å². The summed E-state index contributed by atoms with van der Waals surface area (Å²) in [6.07, 6.45) is 1.52. The molecule has 0 atom stereocenters. The van der Waals surface area contributed by atoms with E-state index in [0.29, 0.717) is 16.5 Å². The van der Waals surface area contributed by atoms with Crippen LogP contribution in [0.4, 0.5) is 5.69 Å². The van der Waals surface area contributed by atoms with Crippen LogP contribution < -0.4 is 10.5 Å². The summed E-state index contributed by atoms with van der Waals surface area (Å²) in [5, 5.41) is 0.400. The molecule has 1 aliphatic heterocycles. The zero-order valence-electron chi connectivity index (χ0n) is 15.6. The molecule has 0 saturated heterocycles. The van der Waals surface area contributed by atoms with Gasteiger partial charge >= 0.3 is 5.97 Å². The van der Waals surface area contributed by atoms with Crippen molar-refractivity contribution in [2.45, 2.75) is 13.0 Å². The van der Waals surface area contributed by atoms with E-state index in [1.54, 1.807) is 54.4 Å². The predicted octanol–water partition coefficient (Wildman–Crippen LogP) is 1.34. The highest BCUT2D eigenvalue weighted by Crippen LogP contribution is 2.28. The summed E-state index contributed by atoms with van der Waals surface area (Å²) in [7, 11) is 1.68. The molecule has 1 amide bonds. The maximum atomic E-state index is 12.4. The second-order valence-corrected chi connectivity index (χ2v) is 6.75. The minimum Gasteiger partial charge on any atom is -0.456 e. The fraction of sp³-hybridized carbons (Fsp3) is 0.190. The molecule has 0 saturated carbocycles. The Morgan fingerprint density at radius 1 is 1.14 bits per heavy atom. The van der Waals surface area contributed by atoms with Crippen LogP contribution in [-0.4, -0.2) is 40.9 Å². The fourth-order valence-corrected chi connectivity index (χ4v) is 3.28. The first-order valence-electron chi connectivity index (χ1n) is 8.96. The number of fused-ring (bicyclic) bond motifs is 2. The lowest BCUT2D eigenvalue weighted by molar-refractivity contribution is -0.143. The van der Waals surface area contributed by atoms with Gasteiger partial charge in [-0.15, -0.1) is 0 Å². The van der Waals surface area contributed by atoms with Crippen molar-refractivity contribution >= 4 is 34.3 Å². The van der Waals surface area contributed by atoms with Gasteiger partial charge in [0, 0.05) is 18.3 Å². The van der Waals surface area contributed by atoms with Gasteiger partial charge in [-0.3, -0.25) is 23.7 Å². The molecule has 1 aliphatic rings. The van der Waals surface area contributed by atoms with Gasteiger partial charge < -0.3 is 9.64 Å². The molecule has 0 spiro atoms. The molecular formula is C21H17N3O5. The van der Waals surface area contributed by atoms with Gasteiger partial charge in [-0.1, -0.05) is 12.1 Å². The van der Waals surface area contributed by atoms with Crippen molar-refractivity contribution in [1.82, 2.24) is 9.55 Å². The molecule has 3 aromatic rings. The maximum absolute atomic E-state index is 12.4. The molecule has 2 heterocycles. The van der Waals surface area contributed by atoms with E-state index in [2.05, 4.69) is 4.98 Å². The average molecular weight is 391 g/mol. The van der Waals surface area contributed by atoms with Crippen LogP contribution in [0.3, 0.4) is 0 Å². The molecule has 2 aromatic carbocycles. The molecule has 0 radical (unpaired) electrons. The van der Waals surface area contributed by atoms with Gasteiger partial charge in [0.1, 0.15) is 6.54 Å². The molecule has 146 valence electrons. The molecule has 0 unspecified atom stereocenters. The van der Waals surface area contributed by atoms with Gasteiger partial charge in [0.05, 0.1) is 23.7 Å². The number of esters is 1. The summed E-state index contributed by atoms with van der Waals surface area (Å²) in [6, 6.07) is 11.8. The normalized spacial score (nSPS) is 12.9. The van der Waals surface area contributed by atoms with Gasteiger partial charge in [0.15, 0.2) is 12.4 Å². The van der Waals surface area contributed by atoms with Crippen molar-refractivity contribution in [3.63, 3.8) is 0 Å². The third-order valence-electron chi connectivity index (χ3n) is 4.87. The Labute approximate surface area is 165 Å². The van der Waals surface area contributed by atoms with Crippen LogP contribution >= 0.6 is 0 Å². The molecule has 8 nitrogen and oxygen atoms in total. The van der Waals surface area contributed by atoms with Crippen LogP contribution in [0.15, 0.2) is 53.6 Å². The monoisotopic (exact) mass is 391 g/mol. The number of aromatic nitrogens is 2. The number of amides is 1. The number of ether oxygens (including phenoxy) is 1. The number of hydrogen-bond donors (Lipinski definition) is 0. The Bertz CT molecular complexity index is 1210. The Hall–Kier alpha value is -3.81. The van der Waals surface area contributed by atoms with E-state index in [-0.39, 0.29) is 30.2 Å². The second-order valence-electron chi connectivity index (χ2n) is 6.75. The molecule has 8 heteroatoms. The fourth-order valence-electron chi connectivity index (χ4n) is 3.28. The average Bonchev–Trinajstić information content (AvgIpc) is 3.01. The number of Topliss-reactive ketones (excluding diaryl/α,β-unsaturated/α-hetero) is 1. The van der Waals surface area contributed by atoms with Gasteiger partial charge in [-0.2, -0.15) is 0 Å². The lowest BCUT2D eigenvalue weighted by Crippen LogP contribution is -2.26. The zero-order chi connectivity index (χ0) is 20.5. The van der Waals surface area contributed by atoms with E-state index in [0.717, 1.165) is 15.8 Å². The highest BCUT2D eigenvalue weighted by atomic mass is 16.5. The smallest absolute Gasteiger partial charge is 0.326 e. The lowest BCUT2D eigenvalue weighted by atomic mass is 10.1. The number of likely N-dealkylation sites (N-methyl/N-ethyl adjacent to an activating group) is 1. The lowest BCUT2D eigenvalue weighted by Gasteiger charge is -2.10. The molecule has 0 aliphatic carbocycles. The third kappa shape index (κ3) is 3.52. The van der Waals surface area contributed by atoms with Crippen LogP contribution in [0.25, 0.3) is 10.9 Å². The molecule has 29 heavy (non-hydrogen) atoms. The molecular weight excluding hydrogens is 374 g/mol. The van der Waals surface area contributed by atoms with Crippen molar-refractivity contribution < 1.29 is 19.1 Å². The predicted molar refractivity (Wildman–Crippen MR) is 105 cm³/mol. The van der Waals surface area contributed by atoms with Gasteiger partial charge in [-0.25, -0.2) is 4.98 Å². The van der Waals surface area contributed by atoms with Crippen molar-refractivity contribution in [2.24, 2.45) is 0 Å². The van der Waals surface area contributed by atoms with Crippen molar-refractivity contribution in [3.8, 4) is 0 Å². The first-order valence-corrected chi connectivity index (χ1v) is 8.96. The summed E-state index contributed by atoms with van der Waals surface area (Å²) in [5.41, 5.74) is 2.09. The SMILES string of the molecule is CN1C(=O)Cc2cc(C(=O)COC(=O)Cn3cnc4ccccc4c3=O)ccc21. The standard InChI is InChI=1S/C21H17N3O5/c1-23-17-7-6-13(8-14(17)9-19(23)26)18(25)11-29-20(27)10-24-12-22-16-5-3-2-4-15(16)21(24)28/h2-8,12H,9-11H2,1H3. The van der Waals surface area contributed by atoms with Crippen LogP contribution in [0.1, 0.15) is 15.9 Å². The Morgan fingerprint density at radius 3 is 2.76 bits per heavy atom. The van der Waals surface area contributed by atoms with Gasteiger partial charge in [0.2, 0.25) is 5.91 Å². The quantitative estimate of drug-likeness (QED) is 0.481. The summed E-state index contributed by atoms with van der Waals surface area (Å²) in [4.78, 5) is 54.3. The molecule has 0 N–H and O–H groups in total. The summed E-state index contributed by atoms with van der Waals surface area (Å²) in [6.45, 7) is -0.787. The minimum atomic E-state index is -0.714. The molecule has 0 fully saturated rings. The molecule has 1 aromatic heterocycles. The van der Waals surface area contributed by atoms with E-state index in [4.69, 9.17) is 4.74 Å². The van der Waals surface area contributed by atoms with Gasteiger partial charge in [-0.05, 0) is 35.9 Å². The number of ketones is 1. The second kappa shape index (κ2) is 7.31. The van der Waals surface area contributed by atoms with Crippen molar-refractivity contribution in [3.05, 3.63) is 70.3 Å². The number of para-hydroxylation sites is 1. The summed E-state index contributed by atoms with van der Waals surface area (Å²) < 4.78 is 6.18. The topological polar surface area (TPSA) is 98.6 Å². The number of hydrogen-bond acceptors (Lipinski definition) is 6. The summed E-state index contributed by atoms with van der Waals surface area (Å²) >= 11 is 0. The van der Waals surface area contributed by atoms with E-state index < -0.39 is 12.6 Å². The number of rotatable bonds is 5. The van der Waals surface area contributed by atoms with E-state index in [1.807, 2.05) is 0 Å². The third-order valence-corrected chi connectivity index (χ3v) is 4.87. The van der Waals surface area contributed by atoms with Crippen LogP contribution in [0, 0.1) is 0 Å². The number of anilines is 1. The maximum Gasteiger partial charge on any atom is 0.326 e. The first kappa shape index (κ1) is 18.5. The van der Waals surface area contributed by atoms with Crippen molar-refractivity contribution in [2.75, 3.05) is 18.6 Å². The van der Waals surface area contributed by atoms with Crippen LogP contribution in [-0.2, 0) is 27.3 Å². The van der Waals surface area contributed by atoms with Crippen LogP contribution in [0.5, 0.6) is 0 Å². The largest absolute Gasteiger partial charge is 0.456 e. The number of nitrogens with zero attached hydrogens (tertiary/aromatic N) is 3. The van der Waals surface area contributed by atoms with E-state index in [1.165, 1.54) is 6.33 Å². The van der Waals surface area contributed by atoms with Crippen molar-refractivity contribution in [1.29, 1.82) is 0 Å². The molecule has 0 bridgehead atoms. The number of carbonyl (C=O) groups excluding carboxylic acids is 3. The minimum absolute atomic E-state index is 0.0366.